The van der Waals surface area contributed by atoms with Crippen LogP contribution >= 0.6 is 11.8 Å². The maximum absolute atomic E-state index is 11.7. The van der Waals surface area contributed by atoms with Gasteiger partial charge < -0.3 is 5.11 Å². The van der Waals surface area contributed by atoms with Gasteiger partial charge in [0.15, 0.2) is 9.84 Å². The molecule has 3 nitrogen and oxygen atoms in total. The summed E-state index contributed by atoms with van der Waals surface area (Å²) in [6.07, 6.45) is 0. The summed E-state index contributed by atoms with van der Waals surface area (Å²) in [7, 11) is -3.14. The highest BCUT2D eigenvalue weighted by molar-refractivity contribution is 7.99. The van der Waals surface area contributed by atoms with Crippen LogP contribution in [0.5, 0.6) is 5.75 Å². The molecule has 0 unspecified atom stereocenters. The van der Waals surface area contributed by atoms with Crippen LogP contribution in [-0.2, 0) is 9.84 Å². The van der Waals surface area contributed by atoms with Crippen LogP contribution in [0.15, 0.2) is 63.2 Å². The molecule has 0 radical (unpaired) electrons. The van der Waals surface area contributed by atoms with Crippen molar-refractivity contribution >= 4 is 21.6 Å². The first-order valence-electron chi connectivity index (χ1n) is 5.81. The van der Waals surface area contributed by atoms with E-state index in [1.54, 1.807) is 43.3 Å². The lowest BCUT2D eigenvalue weighted by Crippen LogP contribution is -2.02. The highest BCUT2D eigenvalue weighted by atomic mass is 32.2. The van der Waals surface area contributed by atoms with Crippen molar-refractivity contribution in [2.45, 2.75) is 21.6 Å². The number of hydrogen-bond acceptors (Lipinski definition) is 4. The third-order valence-corrected chi connectivity index (χ3v) is 5.40. The van der Waals surface area contributed by atoms with E-state index in [0.29, 0.717) is 4.90 Å². The normalized spacial score (nSPS) is 11.4. The second kappa shape index (κ2) is 5.67. The second-order valence-corrected chi connectivity index (χ2v) is 7.40. The number of phenolic OH excluding ortho intramolecular Hbond substituents is 1. The Balaban J connectivity index is 2.17. The third-order valence-electron chi connectivity index (χ3n) is 2.64. The van der Waals surface area contributed by atoms with Crippen LogP contribution in [0.4, 0.5) is 0 Å². The molecule has 2 aromatic carbocycles. The van der Waals surface area contributed by atoms with E-state index >= 15 is 0 Å². The molecule has 0 aromatic heterocycles. The SMILES string of the molecule is CCS(=O)(=O)c1ccc(Sc2ccc(O)cc2)cc1. The Hall–Kier alpha value is -1.46. The number of phenols is 1. The molecule has 100 valence electrons. The summed E-state index contributed by atoms with van der Waals surface area (Å²) in [5, 5.41) is 9.20. The fourth-order valence-electron chi connectivity index (χ4n) is 1.53. The lowest BCUT2D eigenvalue weighted by molar-refractivity contribution is 0.475. The third kappa shape index (κ3) is 3.52. The Kier molecular flexibility index (Phi) is 4.17. The minimum atomic E-state index is -3.14. The van der Waals surface area contributed by atoms with Gasteiger partial charge in [0.1, 0.15) is 5.75 Å². The molecule has 0 spiro atoms. The zero-order chi connectivity index (χ0) is 13.9. The minimum absolute atomic E-state index is 0.109. The van der Waals surface area contributed by atoms with Gasteiger partial charge in [0, 0.05) is 9.79 Å². The topological polar surface area (TPSA) is 54.4 Å². The van der Waals surface area contributed by atoms with E-state index in [4.69, 9.17) is 0 Å². The van der Waals surface area contributed by atoms with Gasteiger partial charge >= 0.3 is 0 Å². The number of benzene rings is 2. The van der Waals surface area contributed by atoms with Crippen molar-refractivity contribution in [3.63, 3.8) is 0 Å². The summed E-state index contributed by atoms with van der Waals surface area (Å²) in [6, 6.07) is 13.7. The summed E-state index contributed by atoms with van der Waals surface area (Å²) >= 11 is 1.52. The van der Waals surface area contributed by atoms with Gasteiger partial charge in [-0.2, -0.15) is 0 Å². The van der Waals surface area contributed by atoms with Gasteiger partial charge in [-0.15, -0.1) is 0 Å². The van der Waals surface area contributed by atoms with Crippen molar-refractivity contribution in [3.8, 4) is 5.75 Å². The Labute approximate surface area is 117 Å². The highest BCUT2D eigenvalue weighted by Crippen LogP contribution is 2.29. The zero-order valence-corrected chi connectivity index (χ0v) is 12.0. The van der Waals surface area contributed by atoms with Gasteiger partial charge in [0.2, 0.25) is 0 Å². The van der Waals surface area contributed by atoms with Gasteiger partial charge in [0.25, 0.3) is 0 Å². The average molecular weight is 294 g/mol. The van der Waals surface area contributed by atoms with Gasteiger partial charge in [-0.3, -0.25) is 0 Å². The van der Waals surface area contributed by atoms with E-state index in [1.165, 1.54) is 11.8 Å². The number of hydrogen-bond donors (Lipinski definition) is 1. The maximum Gasteiger partial charge on any atom is 0.178 e. The van der Waals surface area contributed by atoms with Crippen LogP contribution in [0.2, 0.25) is 0 Å². The zero-order valence-electron chi connectivity index (χ0n) is 10.4. The molecule has 0 saturated carbocycles. The lowest BCUT2D eigenvalue weighted by Gasteiger charge is -2.04. The van der Waals surface area contributed by atoms with Crippen LogP contribution in [0.3, 0.4) is 0 Å². The highest BCUT2D eigenvalue weighted by Gasteiger charge is 2.10. The fourth-order valence-corrected chi connectivity index (χ4v) is 3.23. The van der Waals surface area contributed by atoms with Gasteiger partial charge in [0.05, 0.1) is 10.6 Å². The molecular weight excluding hydrogens is 280 g/mol. The minimum Gasteiger partial charge on any atom is -0.508 e. The van der Waals surface area contributed by atoms with Crippen molar-refractivity contribution in [3.05, 3.63) is 48.5 Å². The molecule has 0 heterocycles. The molecule has 5 heteroatoms. The average Bonchev–Trinajstić information content (AvgIpc) is 2.42. The van der Waals surface area contributed by atoms with Gasteiger partial charge in [-0.05, 0) is 48.5 Å². The van der Waals surface area contributed by atoms with Crippen LogP contribution in [-0.4, -0.2) is 19.3 Å². The van der Waals surface area contributed by atoms with E-state index < -0.39 is 9.84 Å². The largest absolute Gasteiger partial charge is 0.508 e. The summed E-state index contributed by atoms with van der Waals surface area (Å²) < 4.78 is 23.3. The molecule has 0 saturated heterocycles. The Morgan fingerprint density at radius 3 is 1.89 bits per heavy atom. The summed E-state index contributed by atoms with van der Waals surface area (Å²) in [5.74, 6) is 0.339. The van der Waals surface area contributed by atoms with E-state index in [2.05, 4.69) is 0 Å². The first kappa shape index (κ1) is 14.0. The quantitative estimate of drug-likeness (QED) is 0.939. The molecule has 0 aliphatic carbocycles. The van der Waals surface area contributed by atoms with Crippen LogP contribution in [0.1, 0.15) is 6.92 Å². The van der Waals surface area contributed by atoms with Crippen molar-refractivity contribution in [2.75, 3.05) is 5.75 Å². The molecule has 0 aliphatic rings. The fraction of sp³-hybridized carbons (Fsp3) is 0.143. The number of rotatable bonds is 4. The first-order valence-corrected chi connectivity index (χ1v) is 8.28. The maximum atomic E-state index is 11.7. The monoisotopic (exact) mass is 294 g/mol. The summed E-state index contributed by atoms with van der Waals surface area (Å²) in [5.41, 5.74) is 0. The Bertz CT molecular complexity index is 644. The predicted octanol–water partition coefficient (Wildman–Crippen LogP) is 3.34. The van der Waals surface area contributed by atoms with Crippen LogP contribution < -0.4 is 0 Å². The molecule has 0 fully saturated rings. The smallest absolute Gasteiger partial charge is 0.178 e. The van der Waals surface area contributed by atoms with E-state index in [-0.39, 0.29) is 11.5 Å². The first-order chi connectivity index (χ1) is 9.01. The molecule has 2 aromatic rings. The van der Waals surface area contributed by atoms with Crippen molar-refractivity contribution in [1.29, 1.82) is 0 Å². The molecule has 0 bridgehead atoms. The van der Waals surface area contributed by atoms with Crippen LogP contribution in [0.25, 0.3) is 0 Å². The molecule has 19 heavy (non-hydrogen) atoms. The Morgan fingerprint density at radius 2 is 1.42 bits per heavy atom. The van der Waals surface area contributed by atoms with Gasteiger partial charge in [-0.25, -0.2) is 8.42 Å². The predicted molar refractivity (Wildman–Crippen MR) is 76.4 cm³/mol. The summed E-state index contributed by atoms with van der Waals surface area (Å²) in [4.78, 5) is 2.30. The molecule has 2 rings (SSSR count). The van der Waals surface area contributed by atoms with Gasteiger partial charge in [-0.1, -0.05) is 18.7 Å². The molecule has 1 N–H and O–H groups in total. The molecule has 0 amide bonds. The van der Waals surface area contributed by atoms with E-state index in [9.17, 15) is 13.5 Å². The van der Waals surface area contributed by atoms with E-state index in [0.717, 1.165) is 9.79 Å². The van der Waals surface area contributed by atoms with Crippen molar-refractivity contribution in [1.82, 2.24) is 0 Å². The second-order valence-electron chi connectivity index (χ2n) is 3.97. The molecule has 0 aliphatic heterocycles. The number of sulfone groups is 1. The molecular formula is C14H14O3S2. The summed E-state index contributed by atoms with van der Waals surface area (Å²) in [6.45, 7) is 1.63. The lowest BCUT2D eigenvalue weighted by atomic mass is 10.3. The standard InChI is InChI=1S/C14H14O3S2/c1-2-19(16,17)14-9-7-13(8-10-14)18-12-5-3-11(15)4-6-12/h3-10,15H,2H2,1H3. The van der Waals surface area contributed by atoms with Crippen LogP contribution in [0, 0.1) is 0 Å². The number of aromatic hydroxyl groups is 1. The van der Waals surface area contributed by atoms with Crippen molar-refractivity contribution in [2.24, 2.45) is 0 Å². The van der Waals surface area contributed by atoms with Crippen molar-refractivity contribution < 1.29 is 13.5 Å². The van der Waals surface area contributed by atoms with E-state index in [1.807, 2.05) is 12.1 Å². The Morgan fingerprint density at radius 1 is 0.947 bits per heavy atom. The molecule has 0 atom stereocenters.